The molecule has 0 N–H and O–H groups in total. The molecule has 29 heavy (non-hydrogen) atoms. The molecular formula is C25H24Cl2N2. The van der Waals surface area contributed by atoms with Crippen LogP contribution in [0, 0.1) is 25.2 Å². The molecule has 0 bridgehead atoms. The van der Waals surface area contributed by atoms with Gasteiger partial charge in [-0.3, -0.25) is 0 Å². The fourth-order valence-electron chi connectivity index (χ4n) is 3.48. The average molecular weight is 423 g/mol. The van der Waals surface area contributed by atoms with E-state index in [-0.39, 0.29) is 5.41 Å². The van der Waals surface area contributed by atoms with Gasteiger partial charge in [-0.2, -0.15) is 5.26 Å². The van der Waals surface area contributed by atoms with E-state index < -0.39 is 0 Å². The summed E-state index contributed by atoms with van der Waals surface area (Å²) in [4.78, 5) is 0. The fraction of sp³-hybridized carbons (Fsp3) is 0.240. The number of halogens is 2. The van der Waals surface area contributed by atoms with E-state index in [1.54, 1.807) is 18.2 Å². The zero-order valence-electron chi connectivity index (χ0n) is 17.3. The zero-order chi connectivity index (χ0) is 21.3. The summed E-state index contributed by atoms with van der Waals surface area (Å²) in [5, 5.41) is 10.7. The van der Waals surface area contributed by atoms with E-state index in [1.807, 2.05) is 6.08 Å². The first kappa shape index (κ1) is 21.2. The SMILES string of the molecule is Cc1cc(/C=C(/C#N)c2ccc(Cl)cc2Cl)c(C)n1-c1ccc(C(C)(C)C)cc1. The van der Waals surface area contributed by atoms with Gasteiger partial charge in [-0.05, 0) is 66.8 Å². The highest BCUT2D eigenvalue weighted by Crippen LogP contribution is 2.31. The third kappa shape index (κ3) is 4.42. The molecule has 0 spiro atoms. The highest BCUT2D eigenvalue weighted by Gasteiger charge is 2.15. The van der Waals surface area contributed by atoms with E-state index in [1.165, 1.54) is 5.56 Å². The standard InChI is InChI=1S/C25H24Cl2N2/c1-16-12-18(13-19(15-28)23-11-8-21(26)14-24(23)27)17(2)29(16)22-9-6-20(7-10-22)25(3,4)5/h6-14H,1-5H3/b19-13-. The molecule has 0 aliphatic heterocycles. The van der Waals surface area contributed by atoms with E-state index in [0.717, 1.165) is 22.6 Å². The lowest BCUT2D eigenvalue weighted by molar-refractivity contribution is 0.590. The normalized spacial score (nSPS) is 12.1. The van der Waals surface area contributed by atoms with Crippen molar-refractivity contribution in [1.29, 1.82) is 5.26 Å². The van der Waals surface area contributed by atoms with Crippen LogP contribution in [-0.2, 0) is 5.41 Å². The maximum absolute atomic E-state index is 9.71. The molecule has 148 valence electrons. The average Bonchev–Trinajstić information content (AvgIpc) is 2.93. The Bertz CT molecular complexity index is 1120. The van der Waals surface area contributed by atoms with Gasteiger partial charge in [0.2, 0.25) is 0 Å². The number of nitriles is 1. The maximum atomic E-state index is 9.71. The second-order valence-electron chi connectivity index (χ2n) is 8.25. The van der Waals surface area contributed by atoms with E-state index >= 15 is 0 Å². The molecule has 0 aliphatic rings. The van der Waals surface area contributed by atoms with Gasteiger partial charge in [-0.15, -0.1) is 0 Å². The van der Waals surface area contributed by atoms with Gasteiger partial charge in [-0.25, -0.2) is 0 Å². The Balaban J connectivity index is 2.05. The molecule has 2 aromatic carbocycles. The van der Waals surface area contributed by atoms with Gasteiger partial charge in [0.15, 0.2) is 0 Å². The van der Waals surface area contributed by atoms with Crippen LogP contribution in [0.5, 0.6) is 0 Å². The summed E-state index contributed by atoms with van der Waals surface area (Å²) < 4.78 is 2.21. The maximum Gasteiger partial charge on any atom is 0.0998 e. The summed E-state index contributed by atoms with van der Waals surface area (Å²) in [5.74, 6) is 0. The van der Waals surface area contributed by atoms with Crippen molar-refractivity contribution < 1.29 is 0 Å². The fourth-order valence-corrected chi connectivity index (χ4v) is 3.99. The molecule has 0 saturated carbocycles. The van der Waals surface area contributed by atoms with Gasteiger partial charge in [-0.1, -0.05) is 62.2 Å². The minimum atomic E-state index is 0.118. The molecule has 1 heterocycles. The predicted octanol–water partition coefficient (Wildman–Crippen LogP) is 7.76. The molecule has 0 aliphatic carbocycles. The quantitative estimate of drug-likeness (QED) is 0.396. The van der Waals surface area contributed by atoms with Crippen molar-refractivity contribution in [3.8, 4) is 11.8 Å². The molecule has 0 amide bonds. The first-order valence-corrected chi connectivity index (χ1v) is 10.2. The summed E-state index contributed by atoms with van der Waals surface area (Å²) in [7, 11) is 0. The Morgan fingerprint density at radius 1 is 1.00 bits per heavy atom. The Labute approximate surface area is 183 Å². The van der Waals surface area contributed by atoms with Crippen LogP contribution >= 0.6 is 23.2 Å². The summed E-state index contributed by atoms with van der Waals surface area (Å²) in [6.45, 7) is 10.8. The smallest absolute Gasteiger partial charge is 0.0998 e. The molecule has 0 radical (unpaired) electrons. The summed E-state index contributed by atoms with van der Waals surface area (Å²) in [6, 6.07) is 18.2. The highest BCUT2D eigenvalue weighted by molar-refractivity contribution is 6.36. The minimum Gasteiger partial charge on any atom is -0.318 e. The van der Waals surface area contributed by atoms with Crippen molar-refractivity contribution in [2.24, 2.45) is 0 Å². The molecule has 4 heteroatoms. The third-order valence-electron chi connectivity index (χ3n) is 5.10. The molecule has 2 nitrogen and oxygen atoms in total. The van der Waals surface area contributed by atoms with Crippen molar-refractivity contribution in [2.75, 3.05) is 0 Å². The predicted molar refractivity (Wildman–Crippen MR) is 124 cm³/mol. The zero-order valence-corrected chi connectivity index (χ0v) is 18.9. The Hall–Kier alpha value is -2.47. The van der Waals surface area contributed by atoms with Crippen LogP contribution in [0.25, 0.3) is 17.3 Å². The third-order valence-corrected chi connectivity index (χ3v) is 5.65. The molecule has 3 aromatic rings. The van der Waals surface area contributed by atoms with Crippen molar-refractivity contribution in [1.82, 2.24) is 4.57 Å². The molecular weight excluding hydrogens is 399 g/mol. The van der Waals surface area contributed by atoms with E-state index in [9.17, 15) is 5.26 Å². The number of nitrogens with zero attached hydrogens (tertiary/aromatic N) is 2. The monoisotopic (exact) mass is 422 g/mol. The second-order valence-corrected chi connectivity index (χ2v) is 9.10. The van der Waals surface area contributed by atoms with Crippen molar-refractivity contribution >= 4 is 34.9 Å². The van der Waals surface area contributed by atoms with E-state index in [0.29, 0.717) is 21.2 Å². The van der Waals surface area contributed by atoms with E-state index in [4.69, 9.17) is 23.2 Å². The Morgan fingerprint density at radius 2 is 1.66 bits per heavy atom. The molecule has 0 unspecified atom stereocenters. The van der Waals surface area contributed by atoms with Crippen LogP contribution in [0.15, 0.2) is 48.5 Å². The van der Waals surface area contributed by atoms with Crippen LogP contribution in [0.1, 0.15) is 48.8 Å². The van der Waals surface area contributed by atoms with Gasteiger partial charge in [0.25, 0.3) is 0 Å². The summed E-state index contributed by atoms with van der Waals surface area (Å²) >= 11 is 12.3. The number of aromatic nitrogens is 1. The molecule has 0 saturated heterocycles. The topological polar surface area (TPSA) is 28.7 Å². The number of rotatable bonds is 3. The van der Waals surface area contributed by atoms with E-state index in [2.05, 4.69) is 75.6 Å². The van der Waals surface area contributed by atoms with Gasteiger partial charge >= 0.3 is 0 Å². The van der Waals surface area contributed by atoms with Gasteiger partial charge in [0.1, 0.15) is 0 Å². The second kappa shape index (κ2) is 8.11. The Kier molecular flexibility index (Phi) is 5.94. The summed E-state index contributed by atoms with van der Waals surface area (Å²) in [6.07, 6.45) is 1.89. The minimum absolute atomic E-state index is 0.118. The van der Waals surface area contributed by atoms with Crippen molar-refractivity contribution in [3.63, 3.8) is 0 Å². The van der Waals surface area contributed by atoms with Gasteiger partial charge in [0.05, 0.1) is 16.7 Å². The largest absolute Gasteiger partial charge is 0.318 e. The highest BCUT2D eigenvalue weighted by atomic mass is 35.5. The lowest BCUT2D eigenvalue weighted by atomic mass is 9.87. The van der Waals surface area contributed by atoms with Crippen molar-refractivity contribution in [3.05, 3.63) is 86.7 Å². The Morgan fingerprint density at radius 3 is 2.21 bits per heavy atom. The summed E-state index contributed by atoms with van der Waals surface area (Å²) in [5.41, 5.74) is 6.88. The van der Waals surface area contributed by atoms with Crippen molar-refractivity contribution in [2.45, 2.75) is 40.0 Å². The first-order chi connectivity index (χ1) is 13.6. The van der Waals surface area contributed by atoms with Gasteiger partial charge < -0.3 is 4.57 Å². The molecule has 0 fully saturated rings. The number of aryl methyl sites for hydroxylation is 1. The lowest BCUT2D eigenvalue weighted by Crippen LogP contribution is -2.11. The molecule has 0 atom stereocenters. The number of hydrogen-bond acceptors (Lipinski definition) is 1. The van der Waals surface area contributed by atoms with Crippen LogP contribution in [0.4, 0.5) is 0 Å². The van der Waals surface area contributed by atoms with Gasteiger partial charge in [0, 0.05) is 27.7 Å². The van der Waals surface area contributed by atoms with Crippen LogP contribution in [-0.4, -0.2) is 4.57 Å². The number of benzene rings is 2. The number of allylic oxidation sites excluding steroid dienone is 1. The van der Waals surface area contributed by atoms with Crippen LogP contribution in [0.2, 0.25) is 10.0 Å². The first-order valence-electron chi connectivity index (χ1n) is 9.49. The molecule has 3 rings (SSSR count). The number of hydrogen-bond donors (Lipinski definition) is 0. The van der Waals surface area contributed by atoms with Crippen LogP contribution < -0.4 is 0 Å². The van der Waals surface area contributed by atoms with Crippen LogP contribution in [0.3, 0.4) is 0 Å². The molecule has 1 aromatic heterocycles. The lowest BCUT2D eigenvalue weighted by Gasteiger charge is -2.20.